The van der Waals surface area contributed by atoms with Crippen LogP contribution in [0.4, 0.5) is 0 Å². The molecule has 0 radical (unpaired) electrons. The normalized spacial score (nSPS) is 18.5. The first-order valence-corrected chi connectivity index (χ1v) is 7.09. The Morgan fingerprint density at radius 2 is 1.76 bits per heavy atom. The number of rotatable bonds is 4. The molecule has 0 spiro atoms. The van der Waals surface area contributed by atoms with Crippen LogP contribution >= 0.6 is 23.2 Å². The van der Waals surface area contributed by atoms with Gasteiger partial charge in [0.25, 0.3) is 0 Å². The van der Waals surface area contributed by atoms with Gasteiger partial charge in [0.2, 0.25) is 0 Å². The summed E-state index contributed by atoms with van der Waals surface area (Å²) in [4.78, 5) is 0. The molecule has 0 aromatic heterocycles. The van der Waals surface area contributed by atoms with Gasteiger partial charge in [-0.05, 0) is 49.4 Å². The predicted octanol–water partition coefficient (Wildman–Crippen LogP) is 4.66. The van der Waals surface area contributed by atoms with E-state index in [1.165, 1.54) is 25.7 Å². The number of hydrogen-bond donors (Lipinski definition) is 1. The van der Waals surface area contributed by atoms with E-state index in [2.05, 4.69) is 12.2 Å². The van der Waals surface area contributed by atoms with E-state index in [1.807, 2.05) is 12.1 Å². The second-order valence-electron chi connectivity index (χ2n) is 4.99. The van der Waals surface area contributed by atoms with Crippen LogP contribution in [0.15, 0.2) is 18.2 Å². The van der Waals surface area contributed by atoms with Crippen LogP contribution in [0.25, 0.3) is 0 Å². The zero-order chi connectivity index (χ0) is 12.3. The maximum absolute atomic E-state index is 5.98. The third-order valence-corrected chi connectivity index (χ3v) is 4.09. The van der Waals surface area contributed by atoms with E-state index in [0.29, 0.717) is 16.1 Å². The molecule has 0 amide bonds. The first-order valence-electron chi connectivity index (χ1n) is 6.33. The zero-order valence-electron chi connectivity index (χ0n) is 10.2. The minimum atomic E-state index is 0.579. The molecule has 0 heterocycles. The van der Waals surface area contributed by atoms with Gasteiger partial charge in [-0.25, -0.2) is 0 Å². The highest BCUT2D eigenvalue weighted by atomic mass is 35.5. The molecule has 0 aliphatic heterocycles. The van der Waals surface area contributed by atoms with Crippen molar-refractivity contribution in [2.24, 2.45) is 5.92 Å². The average molecular weight is 272 g/mol. The summed E-state index contributed by atoms with van der Waals surface area (Å²) < 4.78 is 0. The van der Waals surface area contributed by atoms with Crippen molar-refractivity contribution in [1.29, 1.82) is 0 Å². The third-order valence-electron chi connectivity index (χ3n) is 3.66. The maximum atomic E-state index is 5.98. The number of benzene rings is 1. The summed E-state index contributed by atoms with van der Waals surface area (Å²) in [7, 11) is 0. The minimum absolute atomic E-state index is 0.579. The number of hydrogen-bond acceptors (Lipinski definition) is 1. The lowest BCUT2D eigenvalue weighted by atomic mass is 9.99. The molecule has 0 bridgehead atoms. The van der Waals surface area contributed by atoms with Gasteiger partial charge in [0, 0.05) is 22.6 Å². The van der Waals surface area contributed by atoms with Crippen LogP contribution in [0.1, 0.15) is 38.2 Å². The SMILES string of the molecule is C[C@@H](NCc1cc(Cl)cc(Cl)c1)C1CCCC1. The number of nitrogens with one attached hydrogen (secondary N) is 1. The Balaban J connectivity index is 1.88. The molecule has 1 aromatic carbocycles. The summed E-state index contributed by atoms with van der Waals surface area (Å²) in [5, 5.41) is 5.00. The van der Waals surface area contributed by atoms with E-state index in [4.69, 9.17) is 23.2 Å². The van der Waals surface area contributed by atoms with Crippen LogP contribution in [0.5, 0.6) is 0 Å². The van der Waals surface area contributed by atoms with Crippen molar-refractivity contribution in [3.63, 3.8) is 0 Å². The fourth-order valence-corrected chi connectivity index (χ4v) is 3.19. The van der Waals surface area contributed by atoms with Crippen molar-refractivity contribution in [3.05, 3.63) is 33.8 Å². The number of halogens is 2. The summed E-state index contributed by atoms with van der Waals surface area (Å²) in [6.07, 6.45) is 5.51. The average Bonchev–Trinajstić information content (AvgIpc) is 2.78. The quantitative estimate of drug-likeness (QED) is 0.840. The molecule has 1 aliphatic rings. The highest BCUT2D eigenvalue weighted by molar-refractivity contribution is 6.34. The maximum Gasteiger partial charge on any atom is 0.0424 e. The van der Waals surface area contributed by atoms with Gasteiger partial charge in [-0.3, -0.25) is 0 Å². The van der Waals surface area contributed by atoms with Crippen molar-refractivity contribution < 1.29 is 0 Å². The highest BCUT2D eigenvalue weighted by Gasteiger charge is 2.20. The fraction of sp³-hybridized carbons (Fsp3) is 0.571. The van der Waals surface area contributed by atoms with Crippen molar-refractivity contribution in [1.82, 2.24) is 5.32 Å². The van der Waals surface area contributed by atoms with Crippen molar-refractivity contribution in [3.8, 4) is 0 Å². The Hall–Kier alpha value is -0.240. The molecule has 2 rings (SSSR count). The van der Waals surface area contributed by atoms with Crippen LogP contribution in [0.3, 0.4) is 0 Å². The van der Waals surface area contributed by atoms with Gasteiger partial charge in [0.1, 0.15) is 0 Å². The summed E-state index contributed by atoms with van der Waals surface area (Å²) in [6, 6.07) is 6.30. The van der Waals surface area contributed by atoms with Gasteiger partial charge in [-0.1, -0.05) is 36.0 Å². The molecule has 1 saturated carbocycles. The van der Waals surface area contributed by atoms with Crippen LogP contribution < -0.4 is 5.32 Å². The molecule has 1 aromatic rings. The van der Waals surface area contributed by atoms with Crippen LogP contribution in [-0.4, -0.2) is 6.04 Å². The van der Waals surface area contributed by atoms with Crippen LogP contribution in [-0.2, 0) is 6.54 Å². The molecule has 1 N–H and O–H groups in total. The minimum Gasteiger partial charge on any atom is -0.310 e. The van der Waals surface area contributed by atoms with E-state index in [1.54, 1.807) is 6.07 Å². The third kappa shape index (κ3) is 3.87. The van der Waals surface area contributed by atoms with E-state index in [9.17, 15) is 0 Å². The Labute approximate surface area is 114 Å². The molecular formula is C14H19Cl2N. The van der Waals surface area contributed by atoms with Gasteiger partial charge >= 0.3 is 0 Å². The summed E-state index contributed by atoms with van der Waals surface area (Å²) >= 11 is 12.0. The van der Waals surface area contributed by atoms with Gasteiger partial charge in [-0.2, -0.15) is 0 Å². The molecular weight excluding hydrogens is 253 g/mol. The zero-order valence-corrected chi connectivity index (χ0v) is 11.7. The molecule has 94 valence electrons. The Bertz CT molecular complexity index is 352. The standard InChI is InChI=1S/C14H19Cl2N/c1-10(12-4-2-3-5-12)17-9-11-6-13(15)8-14(16)7-11/h6-8,10,12,17H,2-5,9H2,1H3/t10-/m1/s1. The molecule has 0 unspecified atom stereocenters. The fourth-order valence-electron chi connectivity index (χ4n) is 2.62. The Kier molecular flexibility index (Phi) is 4.72. The smallest absolute Gasteiger partial charge is 0.0424 e. The van der Waals surface area contributed by atoms with Gasteiger partial charge < -0.3 is 5.32 Å². The Morgan fingerprint density at radius 3 is 2.35 bits per heavy atom. The molecule has 1 aliphatic carbocycles. The van der Waals surface area contributed by atoms with Gasteiger partial charge in [0.05, 0.1) is 0 Å². The second-order valence-corrected chi connectivity index (χ2v) is 5.86. The van der Waals surface area contributed by atoms with Gasteiger partial charge in [-0.15, -0.1) is 0 Å². The lowest BCUT2D eigenvalue weighted by Gasteiger charge is -2.20. The predicted molar refractivity (Wildman–Crippen MR) is 74.7 cm³/mol. The van der Waals surface area contributed by atoms with Crippen molar-refractivity contribution in [2.45, 2.75) is 45.2 Å². The van der Waals surface area contributed by atoms with E-state index >= 15 is 0 Å². The van der Waals surface area contributed by atoms with Crippen LogP contribution in [0, 0.1) is 5.92 Å². The second kappa shape index (κ2) is 6.08. The summed E-state index contributed by atoms with van der Waals surface area (Å²) in [5.41, 5.74) is 1.16. The van der Waals surface area contributed by atoms with Gasteiger partial charge in [0.15, 0.2) is 0 Å². The van der Waals surface area contributed by atoms with Crippen molar-refractivity contribution in [2.75, 3.05) is 0 Å². The monoisotopic (exact) mass is 271 g/mol. The molecule has 17 heavy (non-hydrogen) atoms. The lowest BCUT2D eigenvalue weighted by Crippen LogP contribution is -2.31. The molecule has 3 heteroatoms. The first kappa shape index (κ1) is 13.2. The van der Waals surface area contributed by atoms with E-state index in [-0.39, 0.29) is 0 Å². The van der Waals surface area contributed by atoms with Crippen molar-refractivity contribution >= 4 is 23.2 Å². The van der Waals surface area contributed by atoms with E-state index < -0.39 is 0 Å². The topological polar surface area (TPSA) is 12.0 Å². The largest absolute Gasteiger partial charge is 0.310 e. The summed E-state index contributed by atoms with van der Waals surface area (Å²) in [5.74, 6) is 0.838. The molecule has 1 nitrogen and oxygen atoms in total. The lowest BCUT2D eigenvalue weighted by molar-refractivity contribution is 0.380. The molecule has 1 atom stereocenters. The summed E-state index contributed by atoms with van der Waals surface area (Å²) in [6.45, 7) is 3.13. The van der Waals surface area contributed by atoms with E-state index in [0.717, 1.165) is 18.0 Å². The Morgan fingerprint density at radius 1 is 1.18 bits per heavy atom. The molecule has 1 fully saturated rings. The molecule has 0 saturated heterocycles. The highest BCUT2D eigenvalue weighted by Crippen LogP contribution is 2.27. The first-order chi connectivity index (χ1) is 8.15. The van der Waals surface area contributed by atoms with Crippen LogP contribution in [0.2, 0.25) is 10.0 Å².